The molecular weight excluding hydrogens is 304 g/mol. The van der Waals surface area contributed by atoms with E-state index in [0.717, 1.165) is 45.6 Å². The van der Waals surface area contributed by atoms with E-state index in [2.05, 4.69) is 22.7 Å². The van der Waals surface area contributed by atoms with Gasteiger partial charge in [0.1, 0.15) is 5.54 Å². The van der Waals surface area contributed by atoms with Gasteiger partial charge in [-0.2, -0.15) is 5.10 Å². The minimum atomic E-state index is -0.551. The molecule has 1 atom stereocenters. The lowest BCUT2D eigenvalue weighted by molar-refractivity contribution is -0.132. The van der Waals surface area contributed by atoms with Crippen LogP contribution < -0.4 is 10.6 Å². The topological polar surface area (TPSA) is 68.2 Å². The van der Waals surface area contributed by atoms with Crippen molar-refractivity contribution in [1.29, 1.82) is 0 Å². The predicted molar refractivity (Wildman–Crippen MR) is 86.1 cm³/mol. The second kappa shape index (κ2) is 6.98. The molecule has 1 aromatic heterocycles. The van der Waals surface area contributed by atoms with Crippen LogP contribution in [0, 0.1) is 5.41 Å². The first-order chi connectivity index (χ1) is 10.1. The van der Waals surface area contributed by atoms with Crippen molar-refractivity contribution < 1.29 is 9.53 Å². The third-order valence-electron chi connectivity index (χ3n) is 4.77. The highest BCUT2D eigenvalue weighted by Gasteiger charge is 2.42. The first-order valence-corrected chi connectivity index (χ1v) is 7.72. The van der Waals surface area contributed by atoms with E-state index in [9.17, 15) is 4.79 Å². The van der Waals surface area contributed by atoms with Gasteiger partial charge in [-0.05, 0) is 38.4 Å². The summed E-state index contributed by atoms with van der Waals surface area (Å²) in [6.45, 7) is 6.04. The molecule has 3 rings (SSSR count). The highest BCUT2D eigenvalue weighted by Crippen LogP contribution is 2.30. The van der Waals surface area contributed by atoms with Gasteiger partial charge in [0.05, 0.1) is 6.61 Å². The van der Waals surface area contributed by atoms with E-state index >= 15 is 0 Å². The van der Waals surface area contributed by atoms with E-state index in [4.69, 9.17) is 4.74 Å². The number of carbonyl (C=O) groups excluding carboxylic acids is 1. The minimum Gasteiger partial charge on any atom is -0.381 e. The number of piperidine rings is 1. The zero-order valence-electron chi connectivity index (χ0n) is 13.0. The van der Waals surface area contributed by atoms with Gasteiger partial charge in [0, 0.05) is 31.0 Å². The molecule has 0 saturated carbocycles. The van der Waals surface area contributed by atoms with Crippen molar-refractivity contribution >= 4 is 18.3 Å². The molecule has 0 radical (unpaired) electrons. The molecule has 3 heterocycles. The van der Waals surface area contributed by atoms with Crippen LogP contribution in [0.1, 0.15) is 26.2 Å². The number of aromatic nitrogens is 2. The number of nitrogens with zero attached hydrogens (tertiary/aromatic N) is 2. The van der Waals surface area contributed by atoms with Crippen molar-refractivity contribution in [2.24, 2.45) is 5.41 Å². The van der Waals surface area contributed by atoms with Gasteiger partial charge < -0.3 is 15.4 Å². The van der Waals surface area contributed by atoms with Crippen LogP contribution >= 0.6 is 12.4 Å². The van der Waals surface area contributed by atoms with Crippen LogP contribution in [0.15, 0.2) is 18.5 Å². The molecule has 0 aromatic carbocycles. The number of carbonyl (C=O) groups is 1. The van der Waals surface area contributed by atoms with Crippen LogP contribution in [0.25, 0.3) is 0 Å². The molecule has 22 heavy (non-hydrogen) atoms. The lowest BCUT2D eigenvalue weighted by Gasteiger charge is -2.37. The van der Waals surface area contributed by atoms with Gasteiger partial charge in [0.15, 0.2) is 0 Å². The maximum Gasteiger partial charge on any atom is 0.248 e. The third kappa shape index (κ3) is 3.29. The summed E-state index contributed by atoms with van der Waals surface area (Å²) in [5, 5.41) is 10.8. The molecule has 2 aliphatic heterocycles. The Morgan fingerprint density at radius 3 is 2.77 bits per heavy atom. The summed E-state index contributed by atoms with van der Waals surface area (Å²) in [6, 6.07) is 1.88. The average molecular weight is 329 g/mol. The lowest BCUT2D eigenvalue weighted by atomic mass is 9.85. The lowest BCUT2D eigenvalue weighted by Crippen LogP contribution is -2.55. The molecule has 6 nitrogen and oxygen atoms in total. The molecule has 0 spiro atoms. The fourth-order valence-electron chi connectivity index (χ4n) is 3.23. The molecular formula is C15H25ClN4O2. The molecule has 2 N–H and O–H groups in total. The molecule has 124 valence electrons. The Labute approximate surface area is 137 Å². The zero-order chi connectivity index (χ0) is 14.8. The third-order valence-corrected chi connectivity index (χ3v) is 4.77. The number of nitrogens with one attached hydrogen (secondary N) is 2. The summed E-state index contributed by atoms with van der Waals surface area (Å²) in [5.41, 5.74) is -0.488. The summed E-state index contributed by atoms with van der Waals surface area (Å²) >= 11 is 0. The second-order valence-electron chi connectivity index (χ2n) is 6.53. The quantitative estimate of drug-likeness (QED) is 0.862. The highest BCUT2D eigenvalue weighted by atomic mass is 35.5. The fraction of sp³-hybridized carbons (Fsp3) is 0.733. The summed E-state index contributed by atoms with van der Waals surface area (Å²) in [5.74, 6) is 0.0841. The molecule has 2 saturated heterocycles. The van der Waals surface area contributed by atoms with Crippen LogP contribution in [0.2, 0.25) is 0 Å². The Bertz CT molecular complexity index is 480. The van der Waals surface area contributed by atoms with Crippen molar-refractivity contribution in [2.75, 3.05) is 32.8 Å². The number of hydrogen-bond donors (Lipinski definition) is 2. The summed E-state index contributed by atoms with van der Waals surface area (Å²) in [6.07, 6.45) is 6.18. The standard InChI is InChI=1S/C15H24N4O2.ClH/c1-14(5-10-21-12-14)11-17-13(20)15(3-7-16-8-4-15)19-9-2-6-18-19;/h2,6,9,16H,3-5,7-8,10-12H2,1H3,(H,17,20);1H. The van der Waals surface area contributed by atoms with Gasteiger partial charge in [-0.3, -0.25) is 9.48 Å². The Kier molecular flexibility index (Phi) is 5.47. The number of halogens is 1. The largest absolute Gasteiger partial charge is 0.381 e. The molecule has 7 heteroatoms. The van der Waals surface area contributed by atoms with Crippen LogP contribution in [0.4, 0.5) is 0 Å². The van der Waals surface area contributed by atoms with Gasteiger partial charge in [-0.25, -0.2) is 0 Å². The SMILES string of the molecule is CC1(CNC(=O)C2(n3cccn3)CCNCC2)CCOC1.Cl. The maximum absolute atomic E-state index is 12.9. The van der Waals surface area contributed by atoms with Crippen LogP contribution in [0.5, 0.6) is 0 Å². The van der Waals surface area contributed by atoms with Crippen molar-refractivity contribution in [3.63, 3.8) is 0 Å². The molecule has 2 aliphatic rings. The summed E-state index contributed by atoms with van der Waals surface area (Å²) in [7, 11) is 0. The molecule has 1 aromatic rings. The molecule has 2 fully saturated rings. The van der Waals surface area contributed by atoms with Gasteiger partial charge in [-0.15, -0.1) is 12.4 Å². The molecule has 1 unspecified atom stereocenters. The van der Waals surface area contributed by atoms with Crippen molar-refractivity contribution in [3.05, 3.63) is 18.5 Å². The monoisotopic (exact) mass is 328 g/mol. The van der Waals surface area contributed by atoms with E-state index in [1.54, 1.807) is 6.20 Å². The summed E-state index contributed by atoms with van der Waals surface area (Å²) < 4.78 is 7.29. The van der Waals surface area contributed by atoms with Gasteiger partial charge in [0.2, 0.25) is 5.91 Å². The second-order valence-corrected chi connectivity index (χ2v) is 6.53. The van der Waals surface area contributed by atoms with Crippen molar-refractivity contribution in [3.8, 4) is 0 Å². The van der Waals surface area contributed by atoms with E-state index < -0.39 is 5.54 Å². The van der Waals surface area contributed by atoms with E-state index in [1.165, 1.54) is 0 Å². The van der Waals surface area contributed by atoms with Gasteiger partial charge in [0.25, 0.3) is 0 Å². The Morgan fingerprint density at radius 1 is 1.41 bits per heavy atom. The Balaban J connectivity index is 0.00000176. The summed E-state index contributed by atoms with van der Waals surface area (Å²) in [4.78, 5) is 12.9. The number of rotatable bonds is 4. The zero-order valence-corrected chi connectivity index (χ0v) is 13.8. The number of amides is 1. The predicted octanol–water partition coefficient (Wildman–Crippen LogP) is 0.926. The molecule has 0 bridgehead atoms. The van der Waals surface area contributed by atoms with Crippen LogP contribution in [-0.2, 0) is 15.1 Å². The van der Waals surface area contributed by atoms with Crippen LogP contribution in [-0.4, -0.2) is 48.5 Å². The van der Waals surface area contributed by atoms with E-state index in [-0.39, 0.29) is 23.7 Å². The number of hydrogen-bond acceptors (Lipinski definition) is 4. The highest BCUT2D eigenvalue weighted by molar-refractivity contribution is 5.85. The van der Waals surface area contributed by atoms with Gasteiger partial charge in [-0.1, -0.05) is 6.92 Å². The number of ether oxygens (including phenoxy) is 1. The minimum absolute atomic E-state index is 0. The molecule has 0 aliphatic carbocycles. The Morgan fingerprint density at radius 2 is 2.18 bits per heavy atom. The molecule has 1 amide bonds. The van der Waals surface area contributed by atoms with Crippen molar-refractivity contribution in [1.82, 2.24) is 20.4 Å². The van der Waals surface area contributed by atoms with E-state index in [0.29, 0.717) is 6.54 Å². The average Bonchev–Trinajstić information content (AvgIpc) is 3.18. The van der Waals surface area contributed by atoms with E-state index in [1.807, 2.05) is 16.9 Å². The maximum atomic E-state index is 12.9. The first-order valence-electron chi connectivity index (χ1n) is 7.72. The Hall–Kier alpha value is -1.11. The smallest absolute Gasteiger partial charge is 0.248 e. The normalized spacial score (nSPS) is 27.1. The fourth-order valence-corrected chi connectivity index (χ4v) is 3.23. The first kappa shape index (κ1) is 17.2. The van der Waals surface area contributed by atoms with Crippen LogP contribution in [0.3, 0.4) is 0 Å². The van der Waals surface area contributed by atoms with Crippen molar-refractivity contribution in [2.45, 2.75) is 31.7 Å². The van der Waals surface area contributed by atoms with Gasteiger partial charge >= 0.3 is 0 Å².